The Hall–Kier alpha value is 1.86. The fraction of sp³-hybridized carbons (Fsp3) is 0. The molecule has 0 aromatic carbocycles. The van der Waals surface area contributed by atoms with Crippen LogP contribution in [0.2, 0.25) is 0 Å². The van der Waals surface area contributed by atoms with E-state index >= 15 is 0 Å². The molecule has 10 heteroatoms. The summed E-state index contributed by atoms with van der Waals surface area (Å²) in [5.41, 5.74) is 0. The molecule has 0 unspecified atom stereocenters. The van der Waals surface area contributed by atoms with Crippen molar-refractivity contribution in [2.75, 3.05) is 0 Å². The molecular weight excluding hydrogens is 377 g/mol. The maximum Gasteiger partial charge on any atom is 0 e. The molecule has 12 N–H and O–H groups in total. The van der Waals surface area contributed by atoms with E-state index in [0.717, 1.165) is 0 Å². The maximum absolute atomic E-state index is 0. The molecule has 0 fully saturated rings. The van der Waals surface area contributed by atoms with Gasteiger partial charge in [0.15, 0.2) is 0 Å². The average molecular weight is 392 g/mol. The van der Waals surface area contributed by atoms with Crippen molar-refractivity contribution in [3.8, 4) is 0 Å². The minimum absolute atomic E-state index is 0. The maximum atomic E-state index is 0. The minimum Gasteiger partial charge on any atom is -0.412 e. The average Bonchev–Trinajstić information content (AvgIpc) is 0. The Morgan fingerprint density at radius 3 is 0.300 bits per heavy atom. The standard InChI is InChI=1S/3ClH.Lu.6H2O/h3*1H;;6*1H2. The minimum atomic E-state index is 0. The van der Waals surface area contributed by atoms with E-state index in [4.69, 9.17) is 0 Å². The van der Waals surface area contributed by atoms with Gasteiger partial charge in [0, 0.05) is 36.9 Å². The van der Waals surface area contributed by atoms with Gasteiger partial charge in [0.2, 0.25) is 0 Å². The molecule has 0 spiro atoms. The van der Waals surface area contributed by atoms with E-state index in [1.54, 1.807) is 0 Å². The molecule has 6 nitrogen and oxygen atoms in total. The largest absolute Gasteiger partial charge is 0.412 e. The van der Waals surface area contributed by atoms with E-state index in [0.29, 0.717) is 0 Å². The molecule has 0 amide bonds. The van der Waals surface area contributed by atoms with Crippen molar-refractivity contribution in [1.82, 2.24) is 0 Å². The van der Waals surface area contributed by atoms with Crippen LogP contribution in [0, 0.1) is 36.9 Å². The zero-order valence-electron chi connectivity index (χ0n) is 4.48. The monoisotopic (exact) mass is 391 g/mol. The van der Waals surface area contributed by atoms with Gasteiger partial charge in [0.25, 0.3) is 0 Å². The van der Waals surface area contributed by atoms with Crippen molar-refractivity contribution in [2.24, 2.45) is 0 Å². The normalized spacial score (nSPS) is 0. The van der Waals surface area contributed by atoms with E-state index < -0.39 is 0 Å². The van der Waals surface area contributed by atoms with Crippen molar-refractivity contribution >= 4 is 37.2 Å². The molecule has 0 aliphatic carbocycles. The number of rotatable bonds is 0. The predicted octanol–water partition coefficient (Wildman–Crippen LogP) is -3.68. The topological polar surface area (TPSA) is 189 Å². The molecule has 0 atom stereocenters. The molecule has 1 radical (unpaired) electrons. The summed E-state index contributed by atoms with van der Waals surface area (Å²) in [4.78, 5) is 0. The Bertz CT molecular complexity index is 13.0. The Morgan fingerprint density at radius 1 is 0.300 bits per heavy atom. The molecule has 0 heterocycles. The van der Waals surface area contributed by atoms with Gasteiger partial charge in [-0.3, -0.25) is 0 Å². The second-order valence-electron chi connectivity index (χ2n) is 0. The Balaban J connectivity index is 0. The summed E-state index contributed by atoms with van der Waals surface area (Å²) in [5, 5.41) is 0. The fourth-order valence-electron chi connectivity index (χ4n) is 0. The van der Waals surface area contributed by atoms with Gasteiger partial charge < -0.3 is 32.9 Å². The van der Waals surface area contributed by atoms with E-state index in [2.05, 4.69) is 0 Å². The summed E-state index contributed by atoms with van der Waals surface area (Å²) in [7, 11) is 0. The summed E-state index contributed by atoms with van der Waals surface area (Å²) >= 11 is 0. The van der Waals surface area contributed by atoms with E-state index in [1.807, 2.05) is 0 Å². The molecule has 0 saturated heterocycles. The first-order valence-electron chi connectivity index (χ1n) is 0. The summed E-state index contributed by atoms with van der Waals surface area (Å²) in [5.74, 6) is 0. The van der Waals surface area contributed by atoms with Crippen molar-refractivity contribution in [1.29, 1.82) is 0 Å². The van der Waals surface area contributed by atoms with Gasteiger partial charge in [-0.1, -0.05) is 0 Å². The van der Waals surface area contributed by atoms with Gasteiger partial charge >= 0.3 is 0 Å². The fourth-order valence-corrected chi connectivity index (χ4v) is 0. The second kappa shape index (κ2) is 304. The SMILES string of the molecule is Cl.Cl.Cl.O.O.O.O.O.O.[Lu]. The summed E-state index contributed by atoms with van der Waals surface area (Å²) < 4.78 is 0. The molecule has 0 aliphatic rings. The van der Waals surface area contributed by atoms with Gasteiger partial charge in [-0.25, -0.2) is 0 Å². The first kappa shape index (κ1) is 403. The van der Waals surface area contributed by atoms with E-state index in [1.165, 1.54) is 0 Å². The summed E-state index contributed by atoms with van der Waals surface area (Å²) in [6, 6.07) is 0. The molecular formula is H15Cl3LuO6. The zero-order valence-corrected chi connectivity index (χ0v) is 8.59. The van der Waals surface area contributed by atoms with Crippen LogP contribution in [0.3, 0.4) is 0 Å². The van der Waals surface area contributed by atoms with Crippen molar-refractivity contribution in [3.05, 3.63) is 0 Å². The van der Waals surface area contributed by atoms with E-state index in [-0.39, 0.29) is 107 Å². The first-order chi connectivity index (χ1) is 0. The van der Waals surface area contributed by atoms with Crippen LogP contribution < -0.4 is 0 Å². The smallest absolute Gasteiger partial charge is 0 e. The van der Waals surface area contributed by atoms with Gasteiger partial charge in [0.1, 0.15) is 0 Å². The quantitative estimate of drug-likeness (QED) is 0.393. The number of halogens is 3. The Kier molecular flexibility index (Phi) is 12300. The Morgan fingerprint density at radius 2 is 0.300 bits per heavy atom. The molecule has 0 aromatic heterocycles. The first-order valence-corrected chi connectivity index (χ1v) is 0. The van der Waals surface area contributed by atoms with Crippen LogP contribution in [0.15, 0.2) is 0 Å². The third-order valence-corrected chi connectivity index (χ3v) is 0. The van der Waals surface area contributed by atoms with Crippen LogP contribution >= 0.6 is 37.2 Å². The molecule has 0 aliphatic heterocycles. The van der Waals surface area contributed by atoms with Crippen LogP contribution in [0.4, 0.5) is 0 Å². The van der Waals surface area contributed by atoms with Gasteiger partial charge in [-0.2, -0.15) is 0 Å². The summed E-state index contributed by atoms with van der Waals surface area (Å²) in [6.45, 7) is 0. The van der Waals surface area contributed by atoms with Crippen molar-refractivity contribution in [2.45, 2.75) is 0 Å². The molecule has 87 valence electrons. The third kappa shape index (κ3) is 223. The van der Waals surface area contributed by atoms with Crippen LogP contribution in [0.25, 0.3) is 0 Å². The summed E-state index contributed by atoms with van der Waals surface area (Å²) in [6.07, 6.45) is 0. The molecule has 0 saturated carbocycles. The van der Waals surface area contributed by atoms with Crippen LogP contribution in [-0.4, -0.2) is 32.9 Å². The molecule has 0 rings (SSSR count). The number of hydrogen-bond donors (Lipinski definition) is 0. The van der Waals surface area contributed by atoms with E-state index in [9.17, 15) is 0 Å². The Labute approximate surface area is 106 Å². The molecule has 0 aromatic rings. The van der Waals surface area contributed by atoms with Gasteiger partial charge in [0.05, 0.1) is 0 Å². The van der Waals surface area contributed by atoms with Crippen LogP contribution in [0.1, 0.15) is 0 Å². The molecule has 0 bridgehead atoms. The van der Waals surface area contributed by atoms with Crippen molar-refractivity contribution in [3.63, 3.8) is 0 Å². The second-order valence-corrected chi connectivity index (χ2v) is 0. The molecule has 10 heavy (non-hydrogen) atoms. The van der Waals surface area contributed by atoms with Gasteiger partial charge in [-0.05, 0) is 0 Å². The van der Waals surface area contributed by atoms with Crippen LogP contribution in [0.5, 0.6) is 0 Å². The van der Waals surface area contributed by atoms with Crippen molar-refractivity contribution < 1.29 is 69.7 Å². The zero-order chi connectivity index (χ0) is 0. The third-order valence-electron chi connectivity index (χ3n) is 0. The number of hydrogen-bond acceptors (Lipinski definition) is 0. The van der Waals surface area contributed by atoms with Gasteiger partial charge in [-0.15, -0.1) is 37.2 Å². The predicted molar refractivity (Wildman–Crippen MR) is 43.4 cm³/mol. The van der Waals surface area contributed by atoms with Crippen LogP contribution in [-0.2, 0) is 0 Å².